The molecule has 1 heterocycles. The Morgan fingerprint density at radius 3 is 2.53 bits per heavy atom. The number of allylic oxidation sites excluding steroid dienone is 4. The number of nitrogens with one attached hydrogen (secondary N) is 1. The van der Waals surface area contributed by atoms with Crippen LogP contribution in [0.3, 0.4) is 0 Å². The predicted molar refractivity (Wildman–Crippen MR) is 119 cm³/mol. The lowest BCUT2D eigenvalue weighted by Crippen LogP contribution is -2.20. The Morgan fingerprint density at radius 1 is 1.31 bits per heavy atom. The van der Waals surface area contributed by atoms with Crippen molar-refractivity contribution < 1.29 is 22.3 Å². The van der Waals surface area contributed by atoms with Gasteiger partial charge < -0.3 is 14.6 Å². The minimum absolute atomic E-state index is 0.0384. The zero-order valence-corrected chi connectivity index (χ0v) is 19.3. The van der Waals surface area contributed by atoms with Crippen molar-refractivity contribution in [1.82, 2.24) is 9.55 Å². The van der Waals surface area contributed by atoms with Crippen molar-refractivity contribution in [2.24, 2.45) is 0 Å². The van der Waals surface area contributed by atoms with Crippen LogP contribution in [0.1, 0.15) is 32.8 Å². The topological polar surface area (TPSA) is 56.2 Å². The quantitative estimate of drug-likeness (QED) is 0.346. The summed E-state index contributed by atoms with van der Waals surface area (Å²) >= 11 is 6.08. The monoisotopic (exact) mass is 475 g/mol. The molecule has 2 rings (SSSR count). The van der Waals surface area contributed by atoms with Crippen LogP contribution in [0.15, 0.2) is 46.4 Å². The van der Waals surface area contributed by atoms with Crippen LogP contribution < -0.4 is 15.6 Å². The lowest BCUT2D eigenvalue weighted by Gasteiger charge is -2.17. The molecule has 0 unspecified atom stereocenters. The average Bonchev–Trinajstić information content (AvgIpc) is 2.78. The number of alkyl halides is 1. The number of aromatic nitrogens is 2. The van der Waals surface area contributed by atoms with Crippen LogP contribution in [0.4, 0.5) is 29.2 Å². The van der Waals surface area contributed by atoms with Crippen LogP contribution in [-0.4, -0.2) is 23.3 Å². The van der Waals surface area contributed by atoms with E-state index >= 15 is 0 Å². The first kappa shape index (κ1) is 27.2. The van der Waals surface area contributed by atoms with Gasteiger partial charge in [0.15, 0.2) is 11.7 Å². The summed E-state index contributed by atoms with van der Waals surface area (Å²) in [7, 11) is 1.43. The SMILES string of the molecule is CC.CC/C(=C\C(F)=C(\F)CF)Cn1cc(F)c(=O)nc1Nc1cc(OC)c(Cl)cc1C. The van der Waals surface area contributed by atoms with Crippen molar-refractivity contribution in [3.05, 3.63) is 68.4 Å². The molecule has 0 aliphatic carbocycles. The number of ether oxygens (including phenoxy) is 1. The second-order valence-corrected chi connectivity index (χ2v) is 6.72. The van der Waals surface area contributed by atoms with Crippen molar-refractivity contribution >= 4 is 23.2 Å². The van der Waals surface area contributed by atoms with E-state index in [4.69, 9.17) is 16.3 Å². The van der Waals surface area contributed by atoms with Gasteiger partial charge in [0, 0.05) is 24.5 Å². The van der Waals surface area contributed by atoms with E-state index in [-0.39, 0.29) is 18.9 Å². The number of methoxy groups -OCH3 is 1. The largest absolute Gasteiger partial charge is 0.495 e. The first-order valence-corrected chi connectivity index (χ1v) is 10.3. The molecule has 0 aliphatic heterocycles. The third kappa shape index (κ3) is 7.12. The Labute approximate surface area is 189 Å². The summed E-state index contributed by atoms with van der Waals surface area (Å²) in [5.41, 5.74) is 0.398. The number of hydrogen-bond donors (Lipinski definition) is 1. The van der Waals surface area contributed by atoms with E-state index in [0.29, 0.717) is 27.6 Å². The Hall–Kier alpha value is -2.81. The fraction of sp³-hybridized carbons (Fsp3) is 0.364. The molecule has 32 heavy (non-hydrogen) atoms. The lowest BCUT2D eigenvalue weighted by atomic mass is 10.1. The van der Waals surface area contributed by atoms with Gasteiger partial charge in [-0.3, -0.25) is 4.79 Å². The molecule has 2 aromatic rings. The molecule has 0 amide bonds. The molecule has 0 aliphatic rings. The van der Waals surface area contributed by atoms with Gasteiger partial charge in [0.05, 0.1) is 12.1 Å². The highest BCUT2D eigenvalue weighted by Crippen LogP contribution is 2.32. The molecular weight excluding hydrogens is 450 g/mol. The van der Waals surface area contributed by atoms with Gasteiger partial charge in [-0.05, 0) is 36.6 Å². The number of benzene rings is 1. The third-order valence-corrected chi connectivity index (χ3v) is 4.53. The molecule has 0 radical (unpaired) electrons. The van der Waals surface area contributed by atoms with E-state index in [9.17, 15) is 22.4 Å². The summed E-state index contributed by atoms with van der Waals surface area (Å²) < 4.78 is 59.4. The van der Waals surface area contributed by atoms with Gasteiger partial charge in [-0.25, -0.2) is 13.2 Å². The van der Waals surface area contributed by atoms with Crippen molar-refractivity contribution in [3.63, 3.8) is 0 Å². The van der Waals surface area contributed by atoms with Crippen LogP contribution in [0.5, 0.6) is 5.75 Å². The van der Waals surface area contributed by atoms with E-state index in [2.05, 4.69) is 10.3 Å². The molecular formula is C22H26ClF4N3O2. The van der Waals surface area contributed by atoms with E-state index in [1.807, 2.05) is 13.8 Å². The number of nitrogens with zero attached hydrogens (tertiary/aromatic N) is 2. The van der Waals surface area contributed by atoms with E-state index in [0.717, 1.165) is 12.3 Å². The zero-order valence-electron chi connectivity index (χ0n) is 18.5. The van der Waals surface area contributed by atoms with Gasteiger partial charge in [0.2, 0.25) is 11.8 Å². The molecule has 10 heteroatoms. The van der Waals surface area contributed by atoms with Crippen molar-refractivity contribution in [2.75, 3.05) is 19.1 Å². The molecule has 0 bridgehead atoms. The number of rotatable bonds is 8. The molecule has 0 fully saturated rings. The fourth-order valence-electron chi connectivity index (χ4n) is 2.55. The first-order chi connectivity index (χ1) is 15.2. The van der Waals surface area contributed by atoms with Gasteiger partial charge in [0.1, 0.15) is 12.4 Å². The summed E-state index contributed by atoms with van der Waals surface area (Å²) in [5.74, 6) is -3.68. The second kappa shape index (κ2) is 12.9. The van der Waals surface area contributed by atoms with Crippen molar-refractivity contribution in [3.8, 4) is 5.75 Å². The average molecular weight is 476 g/mol. The summed E-state index contributed by atoms with van der Waals surface area (Å²) in [6, 6.07) is 3.21. The third-order valence-electron chi connectivity index (χ3n) is 4.23. The summed E-state index contributed by atoms with van der Waals surface area (Å²) in [6.07, 6.45) is 2.00. The summed E-state index contributed by atoms with van der Waals surface area (Å²) in [5, 5.41) is 3.28. The predicted octanol–water partition coefficient (Wildman–Crippen LogP) is 6.58. The van der Waals surface area contributed by atoms with E-state index < -0.39 is 29.7 Å². The molecule has 5 nitrogen and oxygen atoms in total. The van der Waals surface area contributed by atoms with Crippen LogP contribution in [0, 0.1) is 12.7 Å². The van der Waals surface area contributed by atoms with Gasteiger partial charge in [-0.15, -0.1) is 0 Å². The van der Waals surface area contributed by atoms with E-state index in [1.165, 1.54) is 11.7 Å². The molecule has 0 spiro atoms. The maximum Gasteiger partial charge on any atom is 0.310 e. The Balaban J connectivity index is 0.00000249. The second-order valence-electron chi connectivity index (χ2n) is 6.31. The van der Waals surface area contributed by atoms with Crippen molar-refractivity contribution in [2.45, 2.75) is 40.7 Å². The number of aryl methyl sites for hydroxylation is 1. The maximum absolute atomic E-state index is 13.9. The maximum atomic E-state index is 13.9. The zero-order chi connectivity index (χ0) is 24.4. The Bertz CT molecular complexity index is 1050. The van der Waals surface area contributed by atoms with E-state index in [1.54, 1.807) is 26.0 Å². The summed E-state index contributed by atoms with van der Waals surface area (Å²) in [4.78, 5) is 15.4. The highest BCUT2D eigenvalue weighted by Gasteiger charge is 2.14. The highest BCUT2D eigenvalue weighted by atomic mass is 35.5. The van der Waals surface area contributed by atoms with Crippen LogP contribution in [0.2, 0.25) is 5.02 Å². The lowest BCUT2D eigenvalue weighted by molar-refractivity contribution is 0.415. The van der Waals surface area contributed by atoms with Crippen LogP contribution >= 0.6 is 11.6 Å². The smallest absolute Gasteiger partial charge is 0.310 e. The van der Waals surface area contributed by atoms with Crippen molar-refractivity contribution in [1.29, 1.82) is 0 Å². The molecule has 0 atom stereocenters. The fourth-order valence-corrected chi connectivity index (χ4v) is 2.85. The summed E-state index contributed by atoms with van der Waals surface area (Å²) in [6.45, 7) is 5.72. The minimum Gasteiger partial charge on any atom is -0.495 e. The molecule has 176 valence electrons. The first-order valence-electron chi connectivity index (χ1n) is 9.87. The molecule has 1 aromatic carbocycles. The van der Waals surface area contributed by atoms with Gasteiger partial charge in [0.25, 0.3) is 0 Å². The highest BCUT2D eigenvalue weighted by molar-refractivity contribution is 6.32. The Morgan fingerprint density at radius 2 is 1.97 bits per heavy atom. The number of anilines is 2. The molecule has 1 N–H and O–H groups in total. The number of halogens is 5. The minimum atomic E-state index is -1.57. The van der Waals surface area contributed by atoms with Gasteiger partial charge >= 0.3 is 5.56 Å². The van der Waals surface area contributed by atoms with Gasteiger partial charge in [-0.2, -0.15) is 9.37 Å². The normalized spacial score (nSPS) is 12.0. The molecule has 0 saturated heterocycles. The van der Waals surface area contributed by atoms with Crippen LogP contribution in [0.25, 0.3) is 0 Å². The van der Waals surface area contributed by atoms with Crippen LogP contribution in [-0.2, 0) is 6.54 Å². The Kier molecular flexibility index (Phi) is 11.0. The number of hydrogen-bond acceptors (Lipinski definition) is 4. The standard InChI is InChI=1S/C20H20ClF4N3O2.C2H6/c1-4-12(6-14(23)15(24)8-22)9-28-10-16(25)19(29)27-20(28)26-17-7-18(30-3)13(21)5-11(17)2;1-2/h5-7,10H,4,8-9H2,1-3H3,(H,26,27,29);1-2H3/b12-6+,15-14-;. The van der Waals surface area contributed by atoms with Gasteiger partial charge in [-0.1, -0.05) is 32.4 Å². The molecule has 1 aromatic heterocycles. The molecule has 0 saturated carbocycles.